The van der Waals surface area contributed by atoms with E-state index >= 15 is 0 Å². The van der Waals surface area contributed by atoms with E-state index < -0.39 is 11.4 Å². The van der Waals surface area contributed by atoms with Crippen LogP contribution in [0.3, 0.4) is 0 Å². The Morgan fingerprint density at radius 3 is 2.74 bits per heavy atom. The van der Waals surface area contributed by atoms with Crippen LogP contribution >= 0.6 is 0 Å². The van der Waals surface area contributed by atoms with Crippen molar-refractivity contribution in [3.63, 3.8) is 0 Å². The molecule has 1 aromatic rings. The van der Waals surface area contributed by atoms with Crippen LogP contribution in [0.4, 0.5) is 4.79 Å². The van der Waals surface area contributed by atoms with Crippen LogP contribution in [-0.4, -0.2) is 53.8 Å². The fourth-order valence-electron chi connectivity index (χ4n) is 3.05. The highest BCUT2D eigenvalue weighted by Gasteiger charge is 2.54. The summed E-state index contributed by atoms with van der Waals surface area (Å²) in [5, 5.41) is 7.86. The number of hydrogen-bond acceptors (Lipinski definition) is 5. The van der Waals surface area contributed by atoms with Gasteiger partial charge in [0.15, 0.2) is 0 Å². The predicted molar refractivity (Wildman–Crippen MR) is 95.2 cm³/mol. The standard InChI is InChI=1S/C18H22N4O5/c23-14(6-5-13-4-1-11-27-13)20-12-15(24)19-9-3-10-22-16(25)18(7-2-8-18)21-17(22)26/h1,4-6,11H,2-3,7-10,12H2,(H,19,24)(H,20,23)(H,21,26). The van der Waals surface area contributed by atoms with Gasteiger partial charge in [0.1, 0.15) is 11.3 Å². The smallest absolute Gasteiger partial charge is 0.325 e. The Balaban J connectivity index is 1.30. The van der Waals surface area contributed by atoms with Crippen molar-refractivity contribution in [3.8, 4) is 0 Å². The number of urea groups is 1. The van der Waals surface area contributed by atoms with Gasteiger partial charge in [-0.3, -0.25) is 19.3 Å². The van der Waals surface area contributed by atoms with Crippen LogP contribution in [0.25, 0.3) is 6.08 Å². The Labute approximate surface area is 156 Å². The highest BCUT2D eigenvalue weighted by Crippen LogP contribution is 2.37. The molecule has 1 spiro atoms. The van der Waals surface area contributed by atoms with Crippen molar-refractivity contribution < 1.29 is 23.6 Å². The second-order valence-corrected chi connectivity index (χ2v) is 6.59. The molecule has 2 fully saturated rings. The summed E-state index contributed by atoms with van der Waals surface area (Å²) in [5.74, 6) is -0.381. The molecule has 1 aliphatic heterocycles. The van der Waals surface area contributed by atoms with Crippen molar-refractivity contribution in [2.24, 2.45) is 0 Å². The summed E-state index contributed by atoms with van der Waals surface area (Å²) in [6.07, 6.45) is 7.06. The summed E-state index contributed by atoms with van der Waals surface area (Å²) in [7, 11) is 0. The highest BCUT2D eigenvalue weighted by atomic mass is 16.3. The average molecular weight is 374 g/mol. The lowest BCUT2D eigenvalue weighted by molar-refractivity contribution is -0.134. The molecule has 2 heterocycles. The fraction of sp³-hybridized carbons (Fsp3) is 0.444. The number of rotatable bonds is 8. The van der Waals surface area contributed by atoms with Gasteiger partial charge in [-0.25, -0.2) is 4.79 Å². The summed E-state index contributed by atoms with van der Waals surface area (Å²) in [4.78, 5) is 48.7. The van der Waals surface area contributed by atoms with Crippen LogP contribution in [0.15, 0.2) is 28.9 Å². The van der Waals surface area contributed by atoms with E-state index in [-0.39, 0.29) is 30.9 Å². The molecule has 1 aromatic heterocycles. The van der Waals surface area contributed by atoms with E-state index in [1.54, 1.807) is 12.1 Å². The Kier molecular flexibility index (Phi) is 5.58. The number of imide groups is 1. The molecule has 0 atom stereocenters. The zero-order valence-corrected chi connectivity index (χ0v) is 14.8. The van der Waals surface area contributed by atoms with Gasteiger partial charge in [0, 0.05) is 19.2 Å². The molecule has 1 aliphatic carbocycles. The summed E-state index contributed by atoms with van der Waals surface area (Å²) in [6.45, 7) is 0.402. The van der Waals surface area contributed by atoms with Gasteiger partial charge in [-0.2, -0.15) is 0 Å². The Morgan fingerprint density at radius 1 is 1.30 bits per heavy atom. The van der Waals surface area contributed by atoms with Crippen molar-refractivity contribution in [3.05, 3.63) is 30.2 Å². The molecule has 0 radical (unpaired) electrons. The second kappa shape index (κ2) is 8.07. The van der Waals surface area contributed by atoms with Crippen molar-refractivity contribution in [1.82, 2.24) is 20.9 Å². The molecule has 1 saturated heterocycles. The Hall–Kier alpha value is -3.10. The molecule has 1 saturated carbocycles. The molecule has 9 heteroatoms. The van der Waals surface area contributed by atoms with Gasteiger partial charge in [-0.15, -0.1) is 0 Å². The Bertz CT molecular complexity index is 752. The van der Waals surface area contributed by atoms with Gasteiger partial charge in [0.25, 0.3) is 5.91 Å². The monoisotopic (exact) mass is 374 g/mol. The molecule has 0 bridgehead atoms. The molecule has 5 amide bonds. The fourth-order valence-corrected chi connectivity index (χ4v) is 3.05. The number of carbonyl (C=O) groups is 4. The predicted octanol–water partition coefficient (Wildman–Crippen LogP) is 0.390. The van der Waals surface area contributed by atoms with E-state index in [1.165, 1.54) is 23.3 Å². The number of furan rings is 1. The van der Waals surface area contributed by atoms with Crippen molar-refractivity contribution in [2.75, 3.05) is 19.6 Å². The number of nitrogens with zero attached hydrogens (tertiary/aromatic N) is 1. The molecular formula is C18H22N4O5. The van der Waals surface area contributed by atoms with Crippen molar-refractivity contribution in [2.45, 2.75) is 31.2 Å². The number of hydrogen-bond donors (Lipinski definition) is 3. The van der Waals surface area contributed by atoms with Crippen LogP contribution < -0.4 is 16.0 Å². The van der Waals surface area contributed by atoms with Crippen molar-refractivity contribution >= 4 is 29.8 Å². The molecule has 9 nitrogen and oxygen atoms in total. The molecule has 0 unspecified atom stereocenters. The lowest BCUT2D eigenvalue weighted by Crippen LogP contribution is -2.52. The number of amides is 5. The molecular weight excluding hydrogens is 352 g/mol. The van der Waals surface area contributed by atoms with E-state index in [0.29, 0.717) is 31.6 Å². The van der Waals surface area contributed by atoms with E-state index in [0.717, 1.165) is 6.42 Å². The van der Waals surface area contributed by atoms with Gasteiger partial charge < -0.3 is 20.4 Å². The SMILES string of the molecule is O=C(C=Cc1ccco1)NCC(=O)NCCCN1C(=O)NC2(CCC2)C1=O. The third kappa shape index (κ3) is 4.36. The van der Waals surface area contributed by atoms with Crippen LogP contribution in [0.5, 0.6) is 0 Å². The molecule has 3 N–H and O–H groups in total. The van der Waals surface area contributed by atoms with E-state index in [1.807, 2.05) is 0 Å². The average Bonchev–Trinajstić information content (AvgIpc) is 3.22. The second-order valence-electron chi connectivity index (χ2n) is 6.59. The van der Waals surface area contributed by atoms with E-state index in [4.69, 9.17) is 4.42 Å². The van der Waals surface area contributed by atoms with Gasteiger partial charge in [0.2, 0.25) is 11.8 Å². The minimum Gasteiger partial charge on any atom is -0.465 e. The topological polar surface area (TPSA) is 121 Å². The maximum Gasteiger partial charge on any atom is 0.325 e. The van der Waals surface area contributed by atoms with E-state index in [2.05, 4.69) is 16.0 Å². The molecule has 0 aromatic carbocycles. The zero-order chi connectivity index (χ0) is 19.3. The maximum absolute atomic E-state index is 12.3. The molecule has 27 heavy (non-hydrogen) atoms. The highest BCUT2D eigenvalue weighted by molar-refractivity contribution is 6.07. The minimum absolute atomic E-state index is 0.159. The lowest BCUT2D eigenvalue weighted by atomic mass is 9.77. The van der Waals surface area contributed by atoms with Gasteiger partial charge in [-0.1, -0.05) is 0 Å². The zero-order valence-electron chi connectivity index (χ0n) is 14.8. The minimum atomic E-state index is -0.673. The van der Waals surface area contributed by atoms with Gasteiger partial charge in [0.05, 0.1) is 12.8 Å². The van der Waals surface area contributed by atoms with Crippen LogP contribution in [0.2, 0.25) is 0 Å². The summed E-state index contributed by atoms with van der Waals surface area (Å²) < 4.78 is 5.05. The third-order valence-electron chi connectivity index (χ3n) is 4.70. The first-order chi connectivity index (χ1) is 13.0. The van der Waals surface area contributed by atoms with Gasteiger partial charge >= 0.3 is 6.03 Å². The first-order valence-corrected chi connectivity index (χ1v) is 8.90. The van der Waals surface area contributed by atoms with Crippen LogP contribution in [-0.2, 0) is 14.4 Å². The largest absolute Gasteiger partial charge is 0.465 e. The lowest BCUT2D eigenvalue weighted by Gasteiger charge is -2.34. The van der Waals surface area contributed by atoms with Crippen molar-refractivity contribution in [1.29, 1.82) is 0 Å². The molecule has 144 valence electrons. The summed E-state index contributed by atoms with van der Waals surface area (Å²) in [6, 6.07) is 3.05. The quantitative estimate of drug-likeness (QED) is 0.345. The van der Waals surface area contributed by atoms with E-state index in [9.17, 15) is 19.2 Å². The third-order valence-corrected chi connectivity index (χ3v) is 4.70. The Morgan fingerprint density at radius 2 is 2.11 bits per heavy atom. The maximum atomic E-state index is 12.3. The normalized spacial score (nSPS) is 17.9. The van der Waals surface area contributed by atoms with Crippen LogP contribution in [0, 0.1) is 0 Å². The molecule has 3 rings (SSSR count). The first kappa shape index (κ1) is 18.7. The van der Waals surface area contributed by atoms with Crippen LogP contribution in [0.1, 0.15) is 31.4 Å². The summed E-state index contributed by atoms with van der Waals surface area (Å²) in [5.41, 5.74) is -0.673. The molecule has 2 aliphatic rings. The number of carbonyl (C=O) groups excluding carboxylic acids is 4. The van der Waals surface area contributed by atoms with Gasteiger partial charge in [-0.05, 0) is 43.9 Å². The first-order valence-electron chi connectivity index (χ1n) is 8.90. The summed E-state index contributed by atoms with van der Waals surface area (Å²) >= 11 is 0. The number of nitrogens with one attached hydrogen (secondary N) is 3.